The fourth-order valence-corrected chi connectivity index (χ4v) is 4.30. The molecular formula is C18H20N4S. The molecule has 0 amide bonds. The highest BCUT2D eigenvalue weighted by Gasteiger charge is 2.25. The minimum absolute atomic E-state index is 0.447. The van der Waals surface area contributed by atoms with Gasteiger partial charge in [-0.15, -0.1) is 11.3 Å². The van der Waals surface area contributed by atoms with Gasteiger partial charge >= 0.3 is 0 Å². The Bertz CT molecular complexity index is 735. The van der Waals surface area contributed by atoms with Crippen LogP contribution >= 0.6 is 11.3 Å². The summed E-state index contributed by atoms with van der Waals surface area (Å²) in [5, 5.41) is 7.08. The molecule has 3 aromatic heterocycles. The second kappa shape index (κ2) is 6.64. The molecule has 4 heterocycles. The van der Waals surface area contributed by atoms with Crippen molar-refractivity contribution in [2.75, 3.05) is 6.54 Å². The van der Waals surface area contributed by atoms with Crippen LogP contribution in [-0.4, -0.2) is 26.6 Å². The molecule has 1 saturated heterocycles. The van der Waals surface area contributed by atoms with Crippen molar-refractivity contribution >= 4 is 11.3 Å². The van der Waals surface area contributed by atoms with Crippen molar-refractivity contribution in [2.45, 2.75) is 31.8 Å². The Balaban J connectivity index is 1.52. The van der Waals surface area contributed by atoms with E-state index in [1.807, 2.05) is 29.7 Å². The minimum atomic E-state index is 0.447. The third-order valence-corrected chi connectivity index (χ3v) is 5.53. The molecule has 0 unspecified atom stereocenters. The smallest absolute Gasteiger partial charge is 0.0749 e. The lowest BCUT2D eigenvalue weighted by Crippen LogP contribution is -2.33. The van der Waals surface area contributed by atoms with Gasteiger partial charge in [-0.3, -0.25) is 15.0 Å². The van der Waals surface area contributed by atoms with Crippen LogP contribution < -0.4 is 0 Å². The van der Waals surface area contributed by atoms with Gasteiger partial charge in [0.1, 0.15) is 0 Å². The van der Waals surface area contributed by atoms with E-state index in [-0.39, 0.29) is 0 Å². The van der Waals surface area contributed by atoms with Crippen LogP contribution in [0.4, 0.5) is 0 Å². The average Bonchev–Trinajstić information content (AvgIpc) is 3.27. The molecule has 1 aliphatic heterocycles. The highest BCUT2D eigenvalue weighted by atomic mass is 32.1. The number of aromatic nitrogens is 3. The van der Waals surface area contributed by atoms with Gasteiger partial charge in [0.25, 0.3) is 0 Å². The Morgan fingerprint density at radius 2 is 2.13 bits per heavy atom. The lowest BCUT2D eigenvalue weighted by Gasteiger charge is -2.35. The Labute approximate surface area is 140 Å². The molecule has 0 aromatic carbocycles. The van der Waals surface area contributed by atoms with Crippen LogP contribution in [0.5, 0.6) is 0 Å². The third kappa shape index (κ3) is 3.21. The summed E-state index contributed by atoms with van der Waals surface area (Å²) in [5.74, 6) is 0. The highest BCUT2D eigenvalue weighted by Crippen LogP contribution is 2.33. The van der Waals surface area contributed by atoms with Crippen LogP contribution in [0, 0.1) is 0 Å². The van der Waals surface area contributed by atoms with Crippen LogP contribution in [-0.2, 0) is 6.54 Å². The zero-order chi connectivity index (χ0) is 15.5. The molecule has 1 atom stereocenters. The van der Waals surface area contributed by atoms with Crippen molar-refractivity contribution in [2.24, 2.45) is 0 Å². The highest BCUT2D eigenvalue weighted by molar-refractivity contribution is 7.15. The maximum Gasteiger partial charge on any atom is 0.0749 e. The molecule has 0 bridgehead atoms. The first kappa shape index (κ1) is 14.6. The first-order chi connectivity index (χ1) is 11.4. The third-order valence-electron chi connectivity index (χ3n) is 4.43. The van der Waals surface area contributed by atoms with Crippen LogP contribution in [0.1, 0.15) is 35.9 Å². The molecule has 0 saturated carbocycles. The molecule has 0 spiro atoms. The maximum atomic E-state index is 4.59. The predicted octanol–water partition coefficient (Wildman–Crippen LogP) is 4.26. The molecule has 5 heteroatoms. The lowest BCUT2D eigenvalue weighted by molar-refractivity contribution is 0.138. The second-order valence-electron chi connectivity index (χ2n) is 5.97. The molecule has 23 heavy (non-hydrogen) atoms. The van der Waals surface area contributed by atoms with E-state index in [9.17, 15) is 0 Å². The van der Waals surface area contributed by atoms with Crippen molar-refractivity contribution in [3.8, 4) is 10.6 Å². The number of likely N-dealkylation sites (tertiary alicyclic amines) is 1. The van der Waals surface area contributed by atoms with Crippen LogP contribution in [0.15, 0.2) is 48.8 Å². The van der Waals surface area contributed by atoms with Crippen LogP contribution in [0.25, 0.3) is 10.6 Å². The fraction of sp³-hybridized carbons (Fsp3) is 0.333. The Morgan fingerprint density at radius 1 is 1.13 bits per heavy atom. The first-order valence-corrected chi connectivity index (χ1v) is 8.95. The number of hydrogen-bond donors (Lipinski definition) is 1. The van der Waals surface area contributed by atoms with Crippen molar-refractivity contribution in [3.05, 3.63) is 59.4 Å². The topological polar surface area (TPSA) is 44.8 Å². The normalized spacial score (nSPS) is 19.0. The van der Waals surface area contributed by atoms with E-state index in [2.05, 4.69) is 44.3 Å². The van der Waals surface area contributed by atoms with E-state index in [0.717, 1.165) is 18.8 Å². The number of piperidine rings is 1. The monoisotopic (exact) mass is 324 g/mol. The molecule has 1 aliphatic rings. The van der Waals surface area contributed by atoms with E-state index < -0.39 is 0 Å². The van der Waals surface area contributed by atoms with Crippen molar-refractivity contribution < 1.29 is 0 Å². The van der Waals surface area contributed by atoms with Crippen LogP contribution in [0.2, 0.25) is 0 Å². The molecule has 4 rings (SSSR count). The number of nitrogens with zero attached hydrogens (tertiary/aromatic N) is 3. The SMILES string of the molecule is c1ccc([C@H]2CCCCN2Cc2ccc(-c3ccn[nH]3)s2)nc1. The molecule has 3 aromatic rings. The lowest BCUT2D eigenvalue weighted by atomic mass is 9.99. The van der Waals surface area contributed by atoms with Gasteiger partial charge in [0.2, 0.25) is 0 Å². The number of rotatable bonds is 4. The number of hydrogen-bond acceptors (Lipinski definition) is 4. The first-order valence-electron chi connectivity index (χ1n) is 8.13. The van der Waals surface area contributed by atoms with Gasteiger partial charge in [-0.1, -0.05) is 12.5 Å². The zero-order valence-corrected chi connectivity index (χ0v) is 13.8. The van der Waals surface area contributed by atoms with Gasteiger partial charge in [-0.25, -0.2) is 0 Å². The molecule has 118 valence electrons. The molecule has 4 nitrogen and oxygen atoms in total. The summed E-state index contributed by atoms with van der Waals surface area (Å²) in [6.07, 6.45) is 7.49. The molecule has 0 aliphatic carbocycles. The van der Waals surface area contributed by atoms with Gasteiger partial charge in [-0.2, -0.15) is 5.10 Å². The van der Waals surface area contributed by atoms with Crippen molar-refractivity contribution in [3.63, 3.8) is 0 Å². The van der Waals surface area contributed by atoms with E-state index in [4.69, 9.17) is 0 Å². The summed E-state index contributed by atoms with van der Waals surface area (Å²) in [5.41, 5.74) is 2.30. The zero-order valence-electron chi connectivity index (χ0n) is 13.0. The minimum Gasteiger partial charge on any atom is -0.290 e. The standard InChI is InChI=1S/C18H20N4S/c1-3-10-19-15(5-1)17-6-2-4-12-22(17)13-14-7-8-18(23-14)16-9-11-20-21-16/h1,3,5,7-11,17H,2,4,6,12-13H2,(H,20,21)/t17-/m1/s1. The van der Waals surface area contributed by atoms with E-state index >= 15 is 0 Å². The van der Waals surface area contributed by atoms with Gasteiger partial charge in [0, 0.05) is 23.8 Å². The van der Waals surface area contributed by atoms with Crippen LogP contribution in [0.3, 0.4) is 0 Å². The van der Waals surface area contributed by atoms with Gasteiger partial charge < -0.3 is 0 Å². The Morgan fingerprint density at radius 3 is 2.96 bits per heavy atom. The molecule has 1 N–H and O–H groups in total. The summed E-state index contributed by atoms with van der Waals surface area (Å²) in [7, 11) is 0. The van der Waals surface area contributed by atoms with Crippen molar-refractivity contribution in [1.29, 1.82) is 0 Å². The second-order valence-corrected chi connectivity index (χ2v) is 7.14. The Hall–Kier alpha value is -1.98. The number of H-pyrrole nitrogens is 1. The fourth-order valence-electron chi connectivity index (χ4n) is 3.29. The average molecular weight is 324 g/mol. The number of pyridine rings is 1. The van der Waals surface area contributed by atoms with Gasteiger partial charge in [0.15, 0.2) is 0 Å². The number of thiophene rings is 1. The van der Waals surface area contributed by atoms with E-state index in [1.54, 1.807) is 6.20 Å². The predicted molar refractivity (Wildman–Crippen MR) is 93.1 cm³/mol. The summed E-state index contributed by atoms with van der Waals surface area (Å²) in [6, 6.07) is 13.1. The maximum absolute atomic E-state index is 4.59. The van der Waals surface area contributed by atoms with E-state index in [0.29, 0.717) is 6.04 Å². The quantitative estimate of drug-likeness (QED) is 0.780. The molecule has 1 fully saturated rings. The number of nitrogens with one attached hydrogen (secondary N) is 1. The summed E-state index contributed by atoms with van der Waals surface area (Å²) < 4.78 is 0. The molecule has 0 radical (unpaired) electrons. The summed E-state index contributed by atoms with van der Waals surface area (Å²) >= 11 is 1.85. The summed E-state index contributed by atoms with van der Waals surface area (Å²) in [6.45, 7) is 2.15. The Kier molecular flexibility index (Phi) is 4.22. The van der Waals surface area contributed by atoms with Crippen molar-refractivity contribution in [1.82, 2.24) is 20.1 Å². The molecular weight excluding hydrogens is 304 g/mol. The van der Waals surface area contributed by atoms with E-state index in [1.165, 1.54) is 34.7 Å². The summed E-state index contributed by atoms with van der Waals surface area (Å²) in [4.78, 5) is 9.82. The van der Waals surface area contributed by atoms with Gasteiger partial charge in [-0.05, 0) is 49.7 Å². The largest absolute Gasteiger partial charge is 0.290 e. The van der Waals surface area contributed by atoms with Gasteiger partial charge in [0.05, 0.1) is 22.3 Å². The number of aromatic amines is 1.